The van der Waals surface area contributed by atoms with Crippen molar-refractivity contribution in [3.63, 3.8) is 0 Å². The van der Waals surface area contributed by atoms with Gasteiger partial charge in [0.1, 0.15) is 0 Å². The molecule has 2 heteroatoms. The summed E-state index contributed by atoms with van der Waals surface area (Å²) in [5.74, 6) is 2.44. The Bertz CT molecular complexity index is 176. The van der Waals surface area contributed by atoms with Gasteiger partial charge in [0.2, 0.25) is 0 Å². The minimum atomic E-state index is 0.657. The average molecular weight is 227 g/mol. The van der Waals surface area contributed by atoms with Crippen LogP contribution in [-0.2, 0) is 4.74 Å². The minimum Gasteiger partial charge on any atom is -0.381 e. The molecule has 0 saturated carbocycles. The first-order chi connectivity index (χ1) is 7.59. The lowest BCUT2D eigenvalue weighted by Gasteiger charge is -2.26. The molecule has 1 aliphatic rings. The van der Waals surface area contributed by atoms with Crippen LogP contribution in [0.5, 0.6) is 0 Å². The van der Waals surface area contributed by atoms with Crippen LogP contribution in [0.4, 0.5) is 0 Å². The van der Waals surface area contributed by atoms with Crippen LogP contribution in [0.25, 0.3) is 0 Å². The molecule has 0 bridgehead atoms. The Labute approximate surface area is 101 Å². The van der Waals surface area contributed by atoms with E-state index in [2.05, 4.69) is 33.0 Å². The fourth-order valence-electron chi connectivity index (χ4n) is 2.19. The van der Waals surface area contributed by atoms with Crippen molar-refractivity contribution >= 4 is 0 Å². The molecule has 1 fully saturated rings. The molecule has 1 N–H and O–H groups in total. The van der Waals surface area contributed by atoms with E-state index in [1.165, 1.54) is 19.3 Å². The Kier molecular flexibility index (Phi) is 6.37. The molecule has 0 aliphatic carbocycles. The van der Waals surface area contributed by atoms with Crippen molar-refractivity contribution in [2.24, 2.45) is 17.8 Å². The highest BCUT2D eigenvalue weighted by Gasteiger charge is 2.17. The third-order valence-electron chi connectivity index (χ3n) is 3.95. The van der Waals surface area contributed by atoms with Gasteiger partial charge in [-0.2, -0.15) is 0 Å². The summed E-state index contributed by atoms with van der Waals surface area (Å²) in [5, 5.41) is 3.67. The Morgan fingerprint density at radius 1 is 1.12 bits per heavy atom. The summed E-state index contributed by atoms with van der Waals surface area (Å²) < 4.78 is 5.39. The van der Waals surface area contributed by atoms with Gasteiger partial charge in [0.25, 0.3) is 0 Å². The molecule has 2 atom stereocenters. The zero-order chi connectivity index (χ0) is 12.0. The molecule has 2 nitrogen and oxygen atoms in total. The van der Waals surface area contributed by atoms with Crippen LogP contribution in [0.1, 0.15) is 47.0 Å². The van der Waals surface area contributed by atoms with E-state index in [9.17, 15) is 0 Å². The maximum Gasteiger partial charge on any atom is 0.0468 e. The first-order valence-corrected chi connectivity index (χ1v) is 6.90. The maximum atomic E-state index is 5.39. The van der Waals surface area contributed by atoms with Crippen molar-refractivity contribution in [1.29, 1.82) is 0 Å². The lowest BCUT2D eigenvalue weighted by molar-refractivity contribution is 0.0610. The molecule has 16 heavy (non-hydrogen) atoms. The highest BCUT2D eigenvalue weighted by Crippen LogP contribution is 2.20. The monoisotopic (exact) mass is 227 g/mol. The van der Waals surface area contributed by atoms with Crippen molar-refractivity contribution in [2.45, 2.75) is 53.0 Å². The molecular weight excluding hydrogens is 198 g/mol. The quantitative estimate of drug-likeness (QED) is 0.753. The molecule has 0 amide bonds. The SMILES string of the molecule is CC(CC1CCOCC1)NCC(C)C(C)C. The number of ether oxygens (including phenoxy) is 1. The second kappa shape index (κ2) is 7.29. The molecule has 1 saturated heterocycles. The van der Waals surface area contributed by atoms with Gasteiger partial charge in [-0.05, 0) is 50.5 Å². The van der Waals surface area contributed by atoms with Crippen LogP contribution in [0.15, 0.2) is 0 Å². The van der Waals surface area contributed by atoms with Gasteiger partial charge in [-0.1, -0.05) is 20.8 Å². The smallest absolute Gasteiger partial charge is 0.0468 e. The lowest BCUT2D eigenvalue weighted by Crippen LogP contribution is -2.34. The predicted octanol–water partition coefficient (Wildman–Crippen LogP) is 3.07. The van der Waals surface area contributed by atoms with Crippen molar-refractivity contribution in [3.8, 4) is 0 Å². The molecule has 2 unspecified atom stereocenters. The Hall–Kier alpha value is -0.0800. The van der Waals surface area contributed by atoms with E-state index in [1.807, 2.05) is 0 Å². The highest BCUT2D eigenvalue weighted by molar-refractivity contribution is 4.72. The summed E-state index contributed by atoms with van der Waals surface area (Å²) in [6.45, 7) is 12.4. The van der Waals surface area contributed by atoms with E-state index in [4.69, 9.17) is 4.74 Å². The molecule has 0 aromatic heterocycles. The zero-order valence-corrected chi connectivity index (χ0v) is 11.5. The van der Waals surface area contributed by atoms with Crippen LogP contribution in [0.3, 0.4) is 0 Å². The lowest BCUT2D eigenvalue weighted by atomic mass is 9.92. The molecule has 0 radical (unpaired) electrons. The van der Waals surface area contributed by atoms with E-state index >= 15 is 0 Å². The minimum absolute atomic E-state index is 0.657. The largest absolute Gasteiger partial charge is 0.381 e. The fourth-order valence-corrected chi connectivity index (χ4v) is 2.19. The number of hydrogen-bond acceptors (Lipinski definition) is 2. The summed E-state index contributed by atoms with van der Waals surface area (Å²) in [6.07, 6.45) is 3.83. The zero-order valence-electron chi connectivity index (χ0n) is 11.5. The predicted molar refractivity (Wildman–Crippen MR) is 69.6 cm³/mol. The molecule has 1 heterocycles. The van der Waals surface area contributed by atoms with E-state index in [0.29, 0.717) is 6.04 Å². The second-order valence-electron chi connectivity index (χ2n) is 5.82. The molecule has 0 aromatic rings. The van der Waals surface area contributed by atoms with Gasteiger partial charge in [0, 0.05) is 19.3 Å². The molecule has 1 aliphatic heterocycles. The molecule has 0 aromatic carbocycles. The molecule has 1 rings (SSSR count). The first-order valence-electron chi connectivity index (χ1n) is 6.90. The summed E-state index contributed by atoms with van der Waals surface area (Å²) >= 11 is 0. The normalized spacial score (nSPS) is 22.3. The van der Waals surface area contributed by atoms with Crippen molar-refractivity contribution < 1.29 is 4.74 Å². The summed E-state index contributed by atoms with van der Waals surface area (Å²) in [7, 11) is 0. The van der Waals surface area contributed by atoms with Crippen molar-refractivity contribution in [3.05, 3.63) is 0 Å². The molecular formula is C14H29NO. The summed E-state index contributed by atoms with van der Waals surface area (Å²) in [6, 6.07) is 0.657. The van der Waals surface area contributed by atoms with E-state index in [-0.39, 0.29) is 0 Å². The topological polar surface area (TPSA) is 21.3 Å². The van der Waals surface area contributed by atoms with E-state index < -0.39 is 0 Å². The van der Waals surface area contributed by atoms with Crippen molar-refractivity contribution in [2.75, 3.05) is 19.8 Å². The molecule has 96 valence electrons. The van der Waals surface area contributed by atoms with Gasteiger partial charge >= 0.3 is 0 Å². The number of nitrogens with one attached hydrogen (secondary N) is 1. The summed E-state index contributed by atoms with van der Waals surface area (Å²) in [5.41, 5.74) is 0. The fraction of sp³-hybridized carbons (Fsp3) is 1.00. The van der Waals surface area contributed by atoms with Crippen LogP contribution in [0, 0.1) is 17.8 Å². The molecule has 0 spiro atoms. The number of hydrogen-bond donors (Lipinski definition) is 1. The average Bonchev–Trinajstić information content (AvgIpc) is 2.27. The standard InChI is InChI=1S/C14H29NO/c1-11(2)12(3)10-15-13(4)9-14-5-7-16-8-6-14/h11-15H,5-10H2,1-4H3. The van der Waals surface area contributed by atoms with Crippen molar-refractivity contribution in [1.82, 2.24) is 5.32 Å². The van der Waals surface area contributed by atoms with Gasteiger partial charge in [-0.15, -0.1) is 0 Å². The van der Waals surface area contributed by atoms with Gasteiger partial charge in [0.15, 0.2) is 0 Å². The van der Waals surface area contributed by atoms with Gasteiger partial charge < -0.3 is 10.1 Å². The van der Waals surface area contributed by atoms with Gasteiger partial charge in [-0.25, -0.2) is 0 Å². The third kappa shape index (κ3) is 5.31. The van der Waals surface area contributed by atoms with Crippen LogP contribution < -0.4 is 5.32 Å². The maximum absolute atomic E-state index is 5.39. The van der Waals surface area contributed by atoms with Crippen LogP contribution >= 0.6 is 0 Å². The Morgan fingerprint density at radius 2 is 1.75 bits per heavy atom. The van der Waals surface area contributed by atoms with E-state index in [1.54, 1.807) is 0 Å². The van der Waals surface area contributed by atoms with E-state index in [0.717, 1.165) is 37.5 Å². The summed E-state index contributed by atoms with van der Waals surface area (Å²) in [4.78, 5) is 0. The van der Waals surface area contributed by atoms with Crippen LogP contribution in [0.2, 0.25) is 0 Å². The Morgan fingerprint density at radius 3 is 2.31 bits per heavy atom. The first kappa shape index (κ1) is 14.0. The van der Waals surface area contributed by atoms with Gasteiger partial charge in [0.05, 0.1) is 0 Å². The number of rotatable bonds is 6. The van der Waals surface area contributed by atoms with Crippen LogP contribution in [-0.4, -0.2) is 25.8 Å². The highest BCUT2D eigenvalue weighted by atomic mass is 16.5. The van der Waals surface area contributed by atoms with Gasteiger partial charge in [-0.3, -0.25) is 0 Å². The Balaban J connectivity index is 2.12. The second-order valence-corrected chi connectivity index (χ2v) is 5.82. The third-order valence-corrected chi connectivity index (χ3v) is 3.95.